The van der Waals surface area contributed by atoms with Crippen LogP contribution in [0, 0.1) is 12.3 Å². The van der Waals surface area contributed by atoms with Crippen LogP contribution in [0.3, 0.4) is 0 Å². The summed E-state index contributed by atoms with van der Waals surface area (Å²) in [5.74, 6) is 3.31. The highest BCUT2D eigenvalue weighted by molar-refractivity contribution is 5.33. The Morgan fingerprint density at radius 2 is 2.05 bits per heavy atom. The third-order valence-corrected chi connectivity index (χ3v) is 2.68. The average Bonchev–Trinajstić information content (AvgIpc) is 2.37. The van der Waals surface area contributed by atoms with E-state index in [2.05, 4.69) is 25.1 Å². The van der Waals surface area contributed by atoms with Crippen LogP contribution in [0.2, 0.25) is 0 Å². The molecular formula is C16H23NO2. The summed E-state index contributed by atoms with van der Waals surface area (Å²) in [5, 5.41) is 3.39. The smallest absolute Gasteiger partial charge is 0.148 e. The highest BCUT2D eigenvalue weighted by Gasteiger charge is 2.16. The molecule has 0 aliphatic heterocycles. The molecule has 0 saturated carbocycles. The van der Waals surface area contributed by atoms with Gasteiger partial charge in [-0.1, -0.05) is 24.1 Å². The number of nitrogens with one attached hydrogen (secondary N) is 1. The molecule has 0 aromatic heterocycles. The zero-order valence-corrected chi connectivity index (χ0v) is 12.0. The largest absolute Gasteiger partial charge is 0.481 e. The zero-order valence-electron chi connectivity index (χ0n) is 12.0. The van der Waals surface area contributed by atoms with Gasteiger partial charge in [0.15, 0.2) is 0 Å². The molecule has 0 aliphatic carbocycles. The Bertz CT molecular complexity index is 421. The van der Waals surface area contributed by atoms with Crippen LogP contribution in [0.15, 0.2) is 24.3 Å². The Morgan fingerprint density at radius 3 is 2.74 bits per heavy atom. The Hall–Kier alpha value is -1.50. The lowest BCUT2D eigenvalue weighted by Gasteiger charge is -2.25. The van der Waals surface area contributed by atoms with Gasteiger partial charge in [-0.15, -0.1) is 6.42 Å². The van der Waals surface area contributed by atoms with Gasteiger partial charge in [-0.05, 0) is 26.8 Å². The maximum Gasteiger partial charge on any atom is 0.148 e. The molecular weight excluding hydrogens is 238 g/mol. The first-order chi connectivity index (χ1) is 9.09. The molecule has 1 aromatic carbocycles. The summed E-state index contributed by atoms with van der Waals surface area (Å²) in [7, 11) is 0. The summed E-state index contributed by atoms with van der Waals surface area (Å²) in [6.07, 6.45) is 5.21. The molecule has 0 saturated heterocycles. The topological polar surface area (TPSA) is 30.5 Å². The summed E-state index contributed by atoms with van der Waals surface area (Å²) in [4.78, 5) is 0. The highest BCUT2D eigenvalue weighted by atomic mass is 16.5. The van der Waals surface area contributed by atoms with Crippen LogP contribution in [0.5, 0.6) is 5.75 Å². The van der Waals surface area contributed by atoms with Gasteiger partial charge in [-0.2, -0.15) is 0 Å². The third-order valence-electron chi connectivity index (χ3n) is 2.68. The van der Waals surface area contributed by atoms with Gasteiger partial charge in [-0.3, -0.25) is 0 Å². The SMILES string of the molecule is C#CCOc1ccccc1CNCC(C)(C)OCC. The van der Waals surface area contributed by atoms with Crippen molar-refractivity contribution in [2.24, 2.45) is 0 Å². The molecule has 0 spiro atoms. The third kappa shape index (κ3) is 5.78. The van der Waals surface area contributed by atoms with Gasteiger partial charge in [0.1, 0.15) is 12.4 Å². The standard InChI is InChI=1S/C16H23NO2/c1-5-11-18-15-10-8-7-9-14(15)12-17-13-16(3,4)19-6-2/h1,7-10,17H,6,11-13H2,2-4H3. The van der Waals surface area contributed by atoms with Crippen molar-refractivity contribution in [1.29, 1.82) is 0 Å². The lowest BCUT2D eigenvalue weighted by atomic mass is 10.1. The molecule has 0 radical (unpaired) electrons. The minimum absolute atomic E-state index is 0.163. The number of terminal acetylenes is 1. The minimum Gasteiger partial charge on any atom is -0.481 e. The predicted molar refractivity (Wildman–Crippen MR) is 78.2 cm³/mol. The van der Waals surface area contributed by atoms with E-state index in [9.17, 15) is 0 Å². The van der Waals surface area contributed by atoms with Gasteiger partial charge in [0.25, 0.3) is 0 Å². The zero-order chi connectivity index (χ0) is 14.1. The highest BCUT2D eigenvalue weighted by Crippen LogP contribution is 2.18. The molecule has 0 unspecified atom stereocenters. The van der Waals surface area contributed by atoms with Crippen LogP contribution in [0.4, 0.5) is 0 Å². The van der Waals surface area contributed by atoms with Gasteiger partial charge in [0.05, 0.1) is 5.60 Å². The number of para-hydroxylation sites is 1. The Kier molecular flexibility index (Phi) is 6.41. The minimum atomic E-state index is -0.163. The fraction of sp³-hybridized carbons (Fsp3) is 0.500. The monoisotopic (exact) mass is 261 g/mol. The van der Waals surface area contributed by atoms with E-state index in [1.165, 1.54) is 0 Å². The van der Waals surface area contributed by atoms with Gasteiger partial charge in [-0.25, -0.2) is 0 Å². The van der Waals surface area contributed by atoms with Crippen LogP contribution < -0.4 is 10.1 Å². The van der Waals surface area contributed by atoms with Crippen molar-refractivity contribution in [3.05, 3.63) is 29.8 Å². The second kappa shape index (κ2) is 7.83. The first kappa shape index (κ1) is 15.6. The van der Waals surface area contributed by atoms with Gasteiger partial charge in [0.2, 0.25) is 0 Å². The lowest BCUT2D eigenvalue weighted by molar-refractivity contribution is -0.00900. The van der Waals surface area contributed by atoms with Crippen molar-refractivity contribution in [2.75, 3.05) is 19.8 Å². The first-order valence-corrected chi connectivity index (χ1v) is 6.58. The molecule has 3 heteroatoms. The molecule has 0 fully saturated rings. The number of hydrogen-bond acceptors (Lipinski definition) is 3. The van der Waals surface area contributed by atoms with Crippen molar-refractivity contribution >= 4 is 0 Å². The lowest BCUT2D eigenvalue weighted by Crippen LogP contribution is -2.37. The van der Waals surface area contributed by atoms with E-state index in [0.717, 1.165) is 31.0 Å². The van der Waals surface area contributed by atoms with Gasteiger partial charge in [0, 0.05) is 25.3 Å². The van der Waals surface area contributed by atoms with E-state index < -0.39 is 0 Å². The Morgan fingerprint density at radius 1 is 1.32 bits per heavy atom. The van der Waals surface area contributed by atoms with Crippen LogP contribution in [-0.2, 0) is 11.3 Å². The molecule has 104 valence electrons. The maximum atomic E-state index is 5.64. The molecule has 19 heavy (non-hydrogen) atoms. The fourth-order valence-corrected chi connectivity index (χ4v) is 1.85. The second-order valence-electron chi connectivity index (χ2n) is 4.90. The van der Waals surface area contributed by atoms with Crippen molar-refractivity contribution < 1.29 is 9.47 Å². The second-order valence-corrected chi connectivity index (χ2v) is 4.90. The molecule has 0 bridgehead atoms. The van der Waals surface area contributed by atoms with E-state index in [1.54, 1.807) is 0 Å². The fourth-order valence-electron chi connectivity index (χ4n) is 1.85. The average molecular weight is 261 g/mol. The first-order valence-electron chi connectivity index (χ1n) is 6.58. The summed E-state index contributed by atoms with van der Waals surface area (Å²) >= 11 is 0. The molecule has 0 aliphatic rings. The maximum absolute atomic E-state index is 5.64. The van der Waals surface area contributed by atoms with Crippen molar-refractivity contribution in [3.63, 3.8) is 0 Å². The Balaban J connectivity index is 2.51. The van der Waals surface area contributed by atoms with Crippen LogP contribution >= 0.6 is 0 Å². The Labute approximate surface area is 116 Å². The van der Waals surface area contributed by atoms with Crippen molar-refractivity contribution in [3.8, 4) is 18.1 Å². The van der Waals surface area contributed by atoms with E-state index in [1.807, 2.05) is 31.2 Å². The predicted octanol–water partition coefficient (Wildman–Crippen LogP) is 2.60. The number of benzene rings is 1. The molecule has 1 rings (SSSR count). The summed E-state index contributed by atoms with van der Waals surface area (Å²) < 4.78 is 11.2. The summed E-state index contributed by atoms with van der Waals surface area (Å²) in [5.41, 5.74) is 0.939. The van der Waals surface area contributed by atoms with E-state index in [-0.39, 0.29) is 5.60 Å². The van der Waals surface area contributed by atoms with Crippen LogP contribution in [-0.4, -0.2) is 25.4 Å². The molecule has 1 aromatic rings. The van der Waals surface area contributed by atoms with Crippen LogP contribution in [0.25, 0.3) is 0 Å². The molecule has 0 atom stereocenters. The van der Waals surface area contributed by atoms with Crippen molar-refractivity contribution in [1.82, 2.24) is 5.32 Å². The molecule has 1 N–H and O–H groups in total. The van der Waals surface area contributed by atoms with E-state index >= 15 is 0 Å². The van der Waals surface area contributed by atoms with Crippen molar-refractivity contribution in [2.45, 2.75) is 32.9 Å². The van der Waals surface area contributed by atoms with E-state index in [4.69, 9.17) is 15.9 Å². The normalized spacial score (nSPS) is 11.1. The van der Waals surface area contributed by atoms with Gasteiger partial charge < -0.3 is 14.8 Å². The molecule has 3 nitrogen and oxygen atoms in total. The number of rotatable bonds is 8. The number of ether oxygens (including phenoxy) is 2. The van der Waals surface area contributed by atoms with E-state index in [0.29, 0.717) is 6.61 Å². The number of hydrogen-bond donors (Lipinski definition) is 1. The summed E-state index contributed by atoms with van der Waals surface area (Å²) in [6, 6.07) is 7.90. The van der Waals surface area contributed by atoms with Gasteiger partial charge >= 0.3 is 0 Å². The quantitative estimate of drug-likeness (QED) is 0.730. The molecule has 0 amide bonds. The summed E-state index contributed by atoms with van der Waals surface area (Å²) in [6.45, 7) is 8.68. The van der Waals surface area contributed by atoms with Crippen LogP contribution in [0.1, 0.15) is 26.3 Å². The molecule has 0 heterocycles.